The number of rotatable bonds is 4. The summed E-state index contributed by atoms with van der Waals surface area (Å²) >= 11 is 0. The second kappa shape index (κ2) is 4.91. The van der Waals surface area contributed by atoms with E-state index in [0.29, 0.717) is 5.75 Å². The lowest BCUT2D eigenvalue weighted by Gasteiger charge is -2.24. The Morgan fingerprint density at radius 2 is 1.95 bits per heavy atom. The summed E-state index contributed by atoms with van der Waals surface area (Å²) in [6.07, 6.45) is -0.404. The standard InChI is InChI=1S/C13H19NO5S/c1-13(2)10-8-9(19-20(15,16)14(3)4)6-7-11(10)18-12(13)17-5/h6-8,12H,1-5H3. The summed E-state index contributed by atoms with van der Waals surface area (Å²) in [6.45, 7) is 3.94. The van der Waals surface area contributed by atoms with Gasteiger partial charge >= 0.3 is 10.3 Å². The van der Waals surface area contributed by atoms with E-state index in [1.54, 1.807) is 25.3 Å². The Morgan fingerprint density at radius 3 is 2.50 bits per heavy atom. The van der Waals surface area contributed by atoms with E-state index in [-0.39, 0.29) is 11.2 Å². The van der Waals surface area contributed by atoms with Gasteiger partial charge in [0.25, 0.3) is 0 Å². The molecule has 0 aromatic heterocycles. The molecule has 0 spiro atoms. The van der Waals surface area contributed by atoms with Crippen LogP contribution < -0.4 is 8.92 Å². The average Bonchev–Trinajstić information content (AvgIpc) is 2.60. The van der Waals surface area contributed by atoms with Crippen LogP contribution >= 0.6 is 0 Å². The van der Waals surface area contributed by atoms with Gasteiger partial charge in [0.1, 0.15) is 11.5 Å². The molecule has 0 bridgehead atoms. The molecule has 2 rings (SSSR count). The molecular weight excluding hydrogens is 282 g/mol. The average molecular weight is 301 g/mol. The van der Waals surface area contributed by atoms with Crippen LogP contribution in [0.15, 0.2) is 18.2 Å². The molecule has 1 atom stereocenters. The molecule has 112 valence electrons. The van der Waals surface area contributed by atoms with Crippen molar-refractivity contribution in [1.82, 2.24) is 4.31 Å². The van der Waals surface area contributed by atoms with E-state index >= 15 is 0 Å². The van der Waals surface area contributed by atoms with Gasteiger partial charge in [-0.3, -0.25) is 0 Å². The first-order chi connectivity index (χ1) is 9.18. The number of hydrogen-bond acceptors (Lipinski definition) is 5. The van der Waals surface area contributed by atoms with Crippen LogP contribution in [-0.4, -0.2) is 40.2 Å². The highest BCUT2D eigenvalue weighted by molar-refractivity contribution is 7.84. The molecule has 0 saturated heterocycles. The van der Waals surface area contributed by atoms with Crippen molar-refractivity contribution in [3.63, 3.8) is 0 Å². The fourth-order valence-electron chi connectivity index (χ4n) is 2.10. The third-order valence-electron chi connectivity index (χ3n) is 3.33. The van der Waals surface area contributed by atoms with E-state index in [1.807, 2.05) is 13.8 Å². The zero-order chi connectivity index (χ0) is 15.1. The molecule has 1 unspecified atom stereocenters. The molecular formula is C13H19NO5S. The van der Waals surface area contributed by atoms with Crippen LogP contribution in [0.3, 0.4) is 0 Å². The minimum atomic E-state index is -3.76. The van der Waals surface area contributed by atoms with E-state index in [2.05, 4.69) is 0 Å². The predicted octanol–water partition coefficient (Wildman–Crippen LogP) is 1.51. The smallest absolute Gasteiger partial charge is 0.384 e. The van der Waals surface area contributed by atoms with Crippen molar-refractivity contribution in [3.8, 4) is 11.5 Å². The van der Waals surface area contributed by atoms with E-state index in [4.69, 9.17) is 13.7 Å². The topological polar surface area (TPSA) is 65.1 Å². The lowest BCUT2D eigenvalue weighted by molar-refractivity contribution is -0.0779. The second-order valence-corrected chi connectivity index (χ2v) is 7.14. The highest BCUT2D eigenvalue weighted by Gasteiger charge is 2.42. The first-order valence-electron chi connectivity index (χ1n) is 6.14. The van der Waals surface area contributed by atoms with E-state index in [9.17, 15) is 8.42 Å². The van der Waals surface area contributed by atoms with Gasteiger partial charge in [0.15, 0.2) is 0 Å². The summed E-state index contributed by atoms with van der Waals surface area (Å²) < 4.78 is 40.5. The van der Waals surface area contributed by atoms with Gasteiger partial charge in [-0.15, -0.1) is 0 Å². The molecule has 7 heteroatoms. The molecule has 0 aliphatic carbocycles. The van der Waals surface area contributed by atoms with Crippen LogP contribution in [0.5, 0.6) is 11.5 Å². The van der Waals surface area contributed by atoms with Gasteiger partial charge in [-0.2, -0.15) is 12.7 Å². The largest absolute Gasteiger partial charge is 0.464 e. The van der Waals surface area contributed by atoms with Crippen LogP contribution in [0.4, 0.5) is 0 Å². The third kappa shape index (κ3) is 2.48. The maximum absolute atomic E-state index is 11.7. The molecule has 0 radical (unpaired) electrons. The normalized spacial score (nSPS) is 20.6. The van der Waals surface area contributed by atoms with Crippen LogP contribution in [-0.2, 0) is 20.5 Å². The Kier molecular flexibility index (Phi) is 3.70. The van der Waals surface area contributed by atoms with Crippen LogP contribution in [0.25, 0.3) is 0 Å². The van der Waals surface area contributed by atoms with Gasteiger partial charge in [-0.1, -0.05) is 0 Å². The first-order valence-corrected chi connectivity index (χ1v) is 7.51. The Labute approximate surface area is 119 Å². The Bertz CT molecular complexity index is 609. The first kappa shape index (κ1) is 15.1. The van der Waals surface area contributed by atoms with Crippen molar-refractivity contribution in [2.24, 2.45) is 0 Å². The summed E-state index contributed by atoms with van der Waals surface area (Å²) in [7, 11) is 0.639. The van der Waals surface area contributed by atoms with Gasteiger partial charge in [0.2, 0.25) is 6.29 Å². The Balaban J connectivity index is 2.36. The Hall–Kier alpha value is -1.31. The molecule has 1 aliphatic heterocycles. The quantitative estimate of drug-likeness (QED) is 0.843. The molecule has 0 N–H and O–H groups in total. The number of benzene rings is 1. The number of methoxy groups -OCH3 is 1. The molecule has 0 amide bonds. The fourth-order valence-corrected chi connectivity index (χ4v) is 2.59. The second-order valence-electron chi connectivity index (χ2n) is 5.39. The number of hydrogen-bond donors (Lipinski definition) is 0. The molecule has 1 heterocycles. The van der Waals surface area contributed by atoms with Crippen molar-refractivity contribution in [2.75, 3.05) is 21.2 Å². The summed E-state index contributed by atoms with van der Waals surface area (Å²) in [5.74, 6) is 0.933. The summed E-state index contributed by atoms with van der Waals surface area (Å²) in [5.41, 5.74) is 0.474. The third-order valence-corrected chi connectivity index (χ3v) is 4.63. The maximum Gasteiger partial charge on any atom is 0.384 e. The van der Waals surface area contributed by atoms with Gasteiger partial charge < -0.3 is 13.7 Å². The minimum absolute atomic E-state index is 0.255. The lowest BCUT2D eigenvalue weighted by Crippen LogP contribution is -2.33. The van der Waals surface area contributed by atoms with Crippen LogP contribution in [0.1, 0.15) is 19.4 Å². The predicted molar refractivity (Wildman–Crippen MR) is 74.1 cm³/mol. The highest BCUT2D eigenvalue weighted by Crippen LogP contribution is 2.44. The van der Waals surface area contributed by atoms with Crippen molar-refractivity contribution in [3.05, 3.63) is 23.8 Å². The maximum atomic E-state index is 11.7. The summed E-state index contributed by atoms with van der Waals surface area (Å²) in [5, 5.41) is 0. The summed E-state index contributed by atoms with van der Waals surface area (Å²) in [6, 6.07) is 4.93. The molecule has 1 aromatic carbocycles. The molecule has 6 nitrogen and oxygen atoms in total. The van der Waals surface area contributed by atoms with E-state index in [1.165, 1.54) is 14.1 Å². The van der Waals surface area contributed by atoms with Crippen molar-refractivity contribution >= 4 is 10.3 Å². The molecule has 1 aromatic rings. The van der Waals surface area contributed by atoms with E-state index in [0.717, 1.165) is 9.87 Å². The van der Waals surface area contributed by atoms with E-state index < -0.39 is 16.6 Å². The van der Waals surface area contributed by atoms with Crippen molar-refractivity contribution in [2.45, 2.75) is 25.6 Å². The summed E-state index contributed by atoms with van der Waals surface area (Å²) in [4.78, 5) is 0. The number of fused-ring (bicyclic) bond motifs is 1. The van der Waals surface area contributed by atoms with Crippen molar-refractivity contribution < 1.29 is 22.1 Å². The number of nitrogens with zero attached hydrogens (tertiary/aromatic N) is 1. The van der Waals surface area contributed by atoms with Crippen LogP contribution in [0, 0.1) is 0 Å². The molecule has 1 aliphatic rings. The fraction of sp³-hybridized carbons (Fsp3) is 0.538. The molecule has 20 heavy (non-hydrogen) atoms. The zero-order valence-electron chi connectivity index (χ0n) is 12.2. The van der Waals surface area contributed by atoms with Gasteiger partial charge in [-0.05, 0) is 32.0 Å². The van der Waals surface area contributed by atoms with Crippen molar-refractivity contribution in [1.29, 1.82) is 0 Å². The van der Waals surface area contributed by atoms with Gasteiger partial charge in [0.05, 0.1) is 5.41 Å². The SMILES string of the molecule is COC1Oc2ccc(OS(=O)(=O)N(C)C)cc2C1(C)C. The van der Waals surface area contributed by atoms with Gasteiger partial charge in [0, 0.05) is 26.8 Å². The lowest BCUT2D eigenvalue weighted by atomic mass is 9.85. The molecule has 0 saturated carbocycles. The van der Waals surface area contributed by atoms with Crippen LogP contribution in [0.2, 0.25) is 0 Å². The Morgan fingerprint density at radius 1 is 1.30 bits per heavy atom. The zero-order valence-corrected chi connectivity index (χ0v) is 13.0. The number of ether oxygens (including phenoxy) is 2. The highest BCUT2D eigenvalue weighted by atomic mass is 32.2. The monoisotopic (exact) mass is 301 g/mol. The molecule has 0 fully saturated rings. The van der Waals surface area contributed by atoms with Gasteiger partial charge in [-0.25, -0.2) is 0 Å². The minimum Gasteiger partial charge on any atom is -0.464 e.